The van der Waals surface area contributed by atoms with Gasteiger partial charge in [-0.3, -0.25) is 4.79 Å². The van der Waals surface area contributed by atoms with Crippen molar-refractivity contribution in [1.82, 2.24) is 0 Å². The number of rotatable bonds is 8. The van der Waals surface area contributed by atoms with Crippen molar-refractivity contribution in [2.24, 2.45) is 0 Å². The predicted molar refractivity (Wildman–Crippen MR) is 114 cm³/mol. The maximum absolute atomic E-state index is 10.5. The Bertz CT molecular complexity index is 1050. The molecule has 1 aromatic heterocycles. The first-order valence-electron chi connectivity index (χ1n) is 10.3. The van der Waals surface area contributed by atoms with Crippen molar-refractivity contribution in [3.05, 3.63) is 59.9 Å². The van der Waals surface area contributed by atoms with Crippen molar-refractivity contribution in [2.45, 2.75) is 43.5 Å². The number of ether oxygens (including phenoxy) is 2. The average Bonchev–Trinajstić information content (AvgIpc) is 3.23. The number of amides is 1. The molecule has 1 aliphatic heterocycles. The smallest absolute Gasteiger partial charge is 0.229 e. The Morgan fingerprint density at radius 2 is 1.78 bits per heavy atom. The van der Waals surface area contributed by atoms with Crippen molar-refractivity contribution in [3.8, 4) is 5.75 Å². The van der Waals surface area contributed by atoms with E-state index in [0.29, 0.717) is 41.7 Å². The van der Waals surface area contributed by atoms with Crippen LogP contribution in [0.2, 0.25) is 0 Å². The van der Waals surface area contributed by atoms with E-state index >= 15 is 0 Å². The van der Waals surface area contributed by atoms with E-state index in [9.17, 15) is 25.2 Å². The Kier molecular flexibility index (Phi) is 6.73. The van der Waals surface area contributed by atoms with Gasteiger partial charge in [0.05, 0.1) is 18.3 Å². The van der Waals surface area contributed by atoms with Gasteiger partial charge in [0.25, 0.3) is 0 Å². The minimum absolute atomic E-state index is 0.390. The van der Waals surface area contributed by atoms with Crippen LogP contribution in [0.1, 0.15) is 11.1 Å². The van der Waals surface area contributed by atoms with E-state index in [2.05, 4.69) is 5.32 Å². The van der Waals surface area contributed by atoms with E-state index in [-0.39, 0.29) is 0 Å². The van der Waals surface area contributed by atoms with Crippen molar-refractivity contribution in [2.75, 3.05) is 11.9 Å². The van der Waals surface area contributed by atoms with Crippen molar-refractivity contribution in [3.63, 3.8) is 0 Å². The molecule has 0 unspecified atom stereocenters. The summed E-state index contributed by atoms with van der Waals surface area (Å²) in [6.45, 7) is -0.535. The molecule has 0 saturated carbocycles. The topological polar surface area (TPSA) is 142 Å². The predicted octanol–water partition coefficient (Wildman–Crippen LogP) is 0.965. The summed E-state index contributed by atoms with van der Waals surface area (Å²) in [7, 11) is 0. The number of hydrogen-bond donors (Lipinski definition) is 5. The van der Waals surface area contributed by atoms with E-state index in [1.807, 2.05) is 24.3 Å². The van der Waals surface area contributed by atoms with Gasteiger partial charge in [0.2, 0.25) is 12.7 Å². The van der Waals surface area contributed by atoms with E-state index in [4.69, 9.17) is 13.9 Å². The van der Waals surface area contributed by atoms with Crippen molar-refractivity contribution < 1.29 is 39.1 Å². The fourth-order valence-electron chi connectivity index (χ4n) is 3.81. The number of aliphatic hydroxyl groups excluding tert-OH is 4. The van der Waals surface area contributed by atoms with Crippen LogP contribution in [0.5, 0.6) is 5.75 Å². The molecule has 0 aliphatic carbocycles. The van der Waals surface area contributed by atoms with Crippen LogP contribution in [0.4, 0.5) is 5.69 Å². The molecule has 32 heavy (non-hydrogen) atoms. The van der Waals surface area contributed by atoms with Crippen molar-refractivity contribution >= 4 is 23.1 Å². The zero-order valence-corrected chi connectivity index (χ0v) is 17.1. The Hall–Kier alpha value is -2.95. The summed E-state index contributed by atoms with van der Waals surface area (Å²) >= 11 is 0. The van der Waals surface area contributed by atoms with E-state index in [1.54, 1.807) is 24.5 Å². The number of hydrogen-bond acceptors (Lipinski definition) is 8. The summed E-state index contributed by atoms with van der Waals surface area (Å²) in [6, 6.07) is 12.7. The van der Waals surface area contributed by atoms with Crippen LogP contribution < -0.4 is 10.1 Å². The lowest BCUT2D eigenvalue weighted by Gasteiger charge is -2.39. The highest BCUT2D eigenvalue weighted by Crippen LogP contribution is 2.34. The molecular formula is C23H25NO8. The molecule has 1 fully saturated rings. The van der Waals surface area contributed by atoms with Gasteiger partial charge in [-0.2, -0.15) is 0 Å². The lowest BCUT2D eigenvalue weighted by atomic mass is 9.99. The van der Waals surface area contributed by atoms with Gasteiger partial charge in [-0.25, -0.2) is 0 Å². The molecule has 170 valence electrons. The lowest BCUT2D eigenvalue weighted by molar-refractivity contribution is -0.277. The quantitative estimate of drug-likeness (QED) is 0.324. The molecule has 4 rings (SSSR count). The summed E-state index contributed by atoms with van der Waals surface area (Å²) in [5, 5.41) is 43.0. The summed E-state index contributed by atoms with van der Waals surface area (Å²) in [4.78, 5) is 10.5. The Morgan fingerprint density at radius 3 is 2.50 bits per heavy atom. The summed E-state index contributed by atoms with van der Waals surface area (Å²) in [5.41, 5.74) is 3.26. The number of carbonyl (C=O) groups excluding carboxylic acids is 1. The molecule has 3 aromatic rings. The first kappa shape index (κ1) is 22.3. The van der Waals surface area contributed by atoms with Crippen LogP contribution in [0, 0.1) is 0 Å². The molecule has 2 aromatic carbocycles. The third-order valence-corrected chi connectivity index (χ3v) is 5.59. The Labute approximate surface area is 183 Å². The van der Waals surface area contributed by atoms with E-state index in [1.165, 1.54) is 0 Å². The number of nitrogens with one attached hydrogen (secondary N) is 1. The molecular weight excluding hydrogens is 418 g/mol. The van der Waals surface area contributed by atoms with Gasteiger partial charge >= 0.3 is 0 Å². The monoisotopic (exact) mass is 443 g/mol. The van der Waals surface area contributed by atoms with Gasteiger partial charge in [-0.05, 0) is 42.7 Å². The average molecular weight is 443 g/mol. The molecule has 1 saturated heterocycles. The maximum Gasteiger partial charge on any atom is 0.229 e. The molecule has 0 radical (unpaired) electrons. The van der Waals surface area contributed by atoms with Gasteiger partial charge in [-0.1, -0.05) is 18.2 Å². The zero-order valence-electron chi connectivity index (χ0n) is 17.1. The molecule has 0 bridgehead atoms. The minimum Gasteiger partial charge on any atom is -0.464 e. The van der Waals surface area contributed by atoms with Gasteiger partial charge in [-0.15, -0.1) is 0 Å². The minimum atomic E-state index is -1.52. The SMILES string of the molecule is O=CNc1ccc(CCc2coc3cccc(O[C@@H]4O[C@H](CO)[C@@H](O)[C@H](O)[C@H]4O)c23)cc1. The fourth-order valence-corrected chi connectivity index (χ4v) is 3.81. The van der Waals surface area contributed by atoms with Crippen LogP contribution in [-0.4, -0.2) is 64.1 Å². The highest BCUT2D eigenvalue weighted by Gasteiger charge is 2.44. The standard InChI is InChI=1S/C23H25NO8/c25-10-18-20(27)21(28)22(29)23(32-18)31-17-3-1-2-16-19(17)14(11-30-16)7-4-13-5-8-15(9-6-13)24-12-26/h1-3,5-6,8-9,11-12,18,20-23,25,27-29H,4,7,10H2,(H,24,26)/t18-,20-,21+,22-,23-/m1/s1. The van der Waals surface area contributed by atoms with Crippen LogP contribution >= 0.6 is 0 Å². The number of benzene rings is 2. The highest BCUT2D eigenvalue weighted by molar-refractivity contribution is 5.87. The number of fused-ring (bicyclic) bond motifs is 1. The van der Waals surface area contributed by atoms with Crippen LogP contribution in [0.25, 0.3) is 11.0 Å². The molecule has 2 heterocycles. The summed E-state index contributed by atoms with van der Waals surface area (Å²) in [6.07, 6.45) is -3.19. The second-order valence-electron chi connectivity index (χ2n) is 7.66. The molecule has 9 heteroatoms. The summed E-state index contributed by atoms with van der Waals surface area (Å²) in [5.74, 6) is 0.390. The van der Waals surface area contributed by atoms with Crippen molar-refractivity contribution in [1.29, 1.82) is 0 Å². The molecule has 1 aliphatic rings. The molecule has 5 N–H and O–H groups in total. The maximum atomic E-state index is 10.5. The number of carbonyl (C=O) groups is 1. The second kappa shape index (κ2) is 9.68. The lowest BCUT2D eigenvalue weighted by Crippen LogP contribution is -2.60. The molecule has 9 nitrogen and oxygen atoms in total. The first-order chi connectivity index (χ1) is 15.5. The Balaban J connectivity index is 1.53. The number of anilines is 1. The fraction of sp³-hybridized carbons (Fsp3) is 0.348. The van der Waals surface area contributed by atoms with Crippen LogP contribution in [-0.2, 0) is 22.4 Å². The molecule has 0 spiro atoms. The summed E-state index contributed by atoms with van der Waals surface area (Å²) < 4.78 is 17.0. The van der Waals surface area contributed by atoms with Crippen LogP contribution in [0.3, 0.4) is 0 Å². The van der Waals surface area contributed by atoms with E-state index in [0.717, 1.165) is 11.1 Å². The third-order valence-electron chi connectivity index (χ3n) is 5.59. The van der Waals surface area contributed by atoms with E-state index < -0.39 is 37.3 Å². The third kappa shape index (κ3) is 4.47. The molecule has 5 atom stereocenters. The van der Waals surface area contributed by atoms with Gasteiger partial charge in [0, 0.05) is 11.3 Å². The van der Waals surface area contributed by atoms with Crippen LogP contribution in [0.15, 0.2) is 53.1 Å². The largest absolute Gasteiger partial charge is 0.464 e. The Morgan fingerprint density at radius 1 is 1.00 bits per heavy atom. The molecule has 1 amide bonds. The normalized spacial score (nSPS) is 25.6. The van der Waals surface area contributed by atoms with Gasteiger partial charge < -0.3 is 39.6 Å². The highest BCUT2D eigenvalue weighted by atomic mass is 16.7. The van der Waals surface area contributed by atoms with Gasteiger partial charge in [0.15, 0.2) is 0 Å². The second-order valence-corrected chi connectivity index (χ2v) is 7.66. The number of aliphatic hydroxyl groups is 4. The zero-order chi connectivity index (χ0) is 22.7. The van der Waals surface area contributed by atoms with Gasteiger partial charge in [0.1, 0.15) is 35.7 Å². The number of aryl methyl sites for hydroxylation is 2. The number of furan rings is 1. The first-order valence-corrected chi connectivity index (χ1v) is 10.3.